The molecule has 0 amide bonds. The van der Waals surface area contributed by atoms with Crippen molar-refractivity contribution in [2.75, 3.05) is 0 Å². The molecule has 0 aromatic rings. The summed E-state index contributed by atoms with van der Waals surface area (Å²) in [5.41, 5.74) is 0. The molecule has 0 aromatic heterocycles. The Morgan fingerprint density at radius 3 is 1.25 bits per heavy atom. The van der Waals surface area contributed by atoms with Crippen LogP contribution in [0.4, 0.5) is 0 Å². The summed E-state index contributed by atoms with van der Waals surface area (Å²) in [5, 5.41) is 0. The molecule has 0 unspecified atom stereocenters. The van der Waals surface area contributed by atoms with Gasteiger partial charge in [-0.15, -0.1) is 0 Å². The summed E-state index contributed by atoms with van der Waals surface area (Å²) in [7, 11) is 0. The van der Waals surface area contributed by atoms with Crippen molar-refractivity contribution in [2.24, 2.45) is 0 Å². The molecule has 0 saturated heterocycles. The van der Waals surface area contributed by atoms with Crippen LogP contribution in [0.1, 0.15) is 2.85 Å². The maximum absolute atomic E-state index is 0. The van der Waals surface area contributed by atoms with Crippen molar-refractivity contribution >= 4 is 34.0 Å². The Bertz CT molecular complexity index is 13.5. The molecule has 4 heteroatoms. The summed E-state index contributed by atoms with van der Waals surface area (Å²) < 4.78 is 0. The van der Waals surface area contributed by atoms with Crippen molar-refractivity contribution in [3.8, 4) is 0 Å². The molecule has 1 radical (unpaired) electrons. The smallest absolute Gasteiger partial charge is 1.00 e. The van der Waals surface area contributed by atoms with Gasteiger partial charge < -0.3 is 2.85 Å². The first-order chi connectivity index (χ1) is 0. The predicted octanol–water partition coefficient (Wildman–Crippen LogP) is -1.61. The van der Waals surface area contributed by atoms with Crippen LogP contribution in [0.5, 0.6) is 0 Å². The summed E-state index contributed by atoms with van der Waals surface area (Å²) >= 11 is 0. The molecule has 0 bridgehead atoms. The summed E-state index contributed by atoms with van der Waals surface area (Å²) in [6.07, 6.45) is 0. The van der Waals surface area contributed by atoms with Gasteiger partial charge >= 0.3 is 23.1 Å². The normalized spacial score (nSPS) is 0. The largest absolute Gasteiger partial charge is 2.00 e. The van der Waals surface area contributed by atoms with Gasteiger partial charge in [0.2, 0.25) is 0 Å². The van der Waals surface area contributed by atoms with Crippen LogP contribution in [0, 0.1) is 0 Å². The number of hydrogen-bond acceptors (Lipinski definition) is 0. The van der Waals surface area contributed by atoms with Gasteiger partial charge in [-0.25, -0.2) is 0 Å². The van der Waals surface area contributed by atoms with E-state index in [-0.39, 0.29) is 73.4 Å². The molecule has 0 aromatic carbocycles. The Morgan fingerprint density at radius 1 is 1.25 bits per heavy atom. The minimum Gasteiger partial charge on any atom is -1.00 e. The maximum Gasteiger partial charge on any atom is 2.00 e. The van der Waals surface area contributed by atoms with Gasteiger partial charge in [0.25, 0.3) is 0 Å². The first kappa shape index (κ1) is 35.6. The van der Waals surface area contributed by atoms with Crippen LogP contribution in [-0.4, -0.2) is 34.0 Å². The van der Waals surface area contributed by atoms with E-state index in [2.05, 4.69) is 0 Å². The number of hydrogen-bond donors (Lipinski definition) is 0. The van der Waals surface area contributed by atoms with Gasteiger partial charge in [-0.2, -0.15) is 0 Å². The van der Waals surface area contributed by atoms with Crippen LogP contribution in [-0.2, 0) is 36.5 Å². The van der Waals surface area contributed by atoms with Gasteiger partial charge in [0.05, 0.1) is 0 Å². The monoisotopic (exact) mass is 177 g/mol. The first-order valence-corrected chi connectivity index (χ1v) is 0. The molecule has 21 valence electrons. The molecule has 0 heterocycles. The molecule has 0 rings (SSSR count). The molecule has 0 aliphatic rings. The molecule has 0 aliphatic carbocycles. The van der Waals surface area contributed by atoms with Crippen LogP contribution >= 0.6 is 0 Å². The fraction of sp³-hybridized carbons (Fsp3) is 0. The predicted molar refractivity (Wildman–Crippen MR) is 19.3 cm³/mol. The van der Waals surface area contributed by atoms with E-state index in [4.69, 9.17) is 0 Å². The molecular formula is H6MgMnSiZn. The van der Waals surface area contributed by atoms with Crippen LogP contribution in [0.3, 0.4) is 0 Å². The zero-order valence-corrected chi connectivity index (χ0v) is 7.35. The van der Waals surface area contributed by atoms with Crippen LogP contribution in [0.2, 0.25) is 0 Å². The molecule has 0 aliphatic heterocycles. The van der Waals surface area contributed by atoms with E-state index >= 15 is 0 Å². The summed E-state index contributed by atoms with van der Waals surface area (Å²) in [6, 6.07) is 0. The zero-order chi connectivity index (χ0) is 0. The van der Waals surface area contributed by atoms with Gasteiger partial charge in [-0.05, 0) is 11.0 Å². The van der Waals surface area contributed by atoms with Crippen molar-refractivity contribution in [2.45, 2.75) is 0 Å². The average molecular weight is 179 g/mol. The Hall–Kier alpha value is 2.13. The third-order valence-corrected chi connectivity index (χ3v) is 0. The van der Waals surface area contributed by atoms with E-state index in [1.807, 2.05) is 0 Å². The summed E-state index contributed by atoms with van der Waals surface area (Å²) in [5.74, 6) is 0. The van der Waals surface area contributed by atoms with Gasteiger partial charge in [0, 0.05) is 36.5 Å². The minimum atomic E-state index is 0. The second kappa shape index (κ2) is 19.3. The third kappa shape index (κ3) is 8.92. The number of rotatable bonds is 0. The minimum absolute atomic E-state index is 0. The van der Waals surface area contributed by atoms with Gasteiger partial charge in [-0.3, -0.25) is 0 Å². The summed E-state index contributed by atoms with van der Waals surface area (Å²) in [4.78, 5) is 0. The topological polar surface area (TPSA) is 0 Å². The zero-order valence-electron chi connectivity index (χ0n) is 3.79. The third-order valence-electron chi connectivity index (χ3n) is 0. The van der Waals surface area contributed by atoms with Gasteiger partial charge in [0.1, 0.15) is 0 Å². The fourth-order valence-corrected chi connectivity index (χ4v) is 0. The molecule has 0 nitrogen and oxygen atoms in total. The Morgan fingerprint density at radius 2 is 1.25 bits per heavy atom. The van der Waals surface area contributed by atoms with Crippen molar-refractivity contribution in [1.82, 2.24) is 0 Å². The van der Waals surface area contributed by atoms with E-state index in [1.165, 1.54) is 0 Å². The van der Waals surface area contributed by atoms with E-state index in [0.717, 1.165) is 0 Å². The molecular weight excluding hydrogens is 173 g/mol. The molecule has 0 fully saturated rings. The Labute approximate surface area is 72.9 Å². The average Bonchev–Trinajstić information content (AvgIpc) is 0. The van der Waals surface area contributed by atoms with Crippen molar-refractivity contribution in [1.29, 1.82) is 0 Å². The molecule has 0 saturated carbocycles. The second-order valence-electron chi connectivity index (χ2n) is 0. The van der Waals surface area contributed by atoms with E-state index < -0.39 is 0 Å². The van der Waals surface area contributed by atoms with Crippen molar-refractivity contribution < 1.29 is 39.4 Å². The SMILES string of the molecule is [H-].[H-].[Mg+2].[Mn].[SiH4].[Zn]. The van der Waals surface area contributed by atoms with Gasteiger partial charge in [-0.1, -0.05) is 0 Å². The van der Waals surface area contributed by atoms with E-state index in [9.17, 15) is 0 Å². The standard InChI is InChI=1S/Mg.Mn.H4Si.Zn.2H/h;;1H4;;;/q+2;;;;2*-1. The quantitative estimate of drug-likeness (QED) is 0.392. The Kier molecular flexibility index (Phi) is 172. The van der Waals surface area contributed by atoms with E-state index in [1.54, 1.807) is 0 Å². The van der Waals surface area contributed by atoms with Crippen molar-refractivity contribution in [3.63, 3.8) is 0 Å². The first-order valence-electron chi connectivity index (χ1n) is 0. The molecule has 0 atom stereocenters. The van der Waals surface area contributed by atoms with Gasteiger partial charge in [0.15, 0.2) is 0 Å². The Balaban J connectivity index is 0. The van der Waals surface area contributed by atoms with E-state index in [0.29, 0.717) is 0 Å². The summed E-state index contributed by atoms with van der Waals surface area (Å²) in [6.45, 7) is 0. The molecule has 0 spiro atoms. The van der Waals surface area contributed by atoms with Crippen LogP contribution in [0.15, 0.2) is 0 Å². The fourth-order valence-electron chi connectivity index (χ4n) is 0. The van der Waals surface area contributed by atoms with Crippen LogP contribution in [0.25, 0.3) is 0 Å². The maximum atomic E-state index is 0. The van der Waals surface area contributed by atoms with Crippen molar-refractivity contribution in [3.05, 3.63) is 0 Å². The molecule has 0 N–H and O–H groups in total. The second-order valence-corrected chi connectivity index (χ2v) is 0. The molecule has 4 heavy (non-hydrogen) atoms. The van der Waals surface area contributed by atoms with Crippen LogP contribution < -0.4 is 0 Å².